The summed E-state index contributed by atoms with van der Waals surface area (Å²) in [4.78, 5) is 36.5. The number of aryl methyl sites for hydroxylation is 2. The summed E-state index contributed by atoms with van der Waals surface area (Å²) >= 11 is 6.06. The van der Waals surface area contributed by atoms with Crippen LogP contribution in [0.3, 0.4) is 0 Å². The molecule has 0 spiro atoms. The Bertz CT molecular complexity index is 878. The molecule has 1 aliphatic rings. The first-order chi connectivity index (χ1) is 12.8. The van der Waals surface area contributed by atoms with Crippen molar-refractivity contribution in [2.45, 2.75) is 20.8 Å². The molecule has 1 aliphatic heterocycles. The summed E-state index contributed by atoms with van der Waals surface area (Å²) in [6.45, 7) is 7.39. The summed E-state index contributed by atoms with van der Waals surface area (Å²) in [5.74, 6) is 0.226. The van der Waals surface area contributed by atoms with E-state index in [4.69, 9.17) is 11.6 Å². The van der Waals surface area contributed by atoms with Crippen molar-refractivity contribution in [2.75, 3.05) is 31.5 Å². The van der Waals surface area contributed by atoms with Gasteiger partial charge < -0.3 is 15.1 Å². The summed E-state index contributed by atoms with van der Waals surface area (Å²) in [6.07, 6.45) is 0. The van der Waals surface area contributed by atoms with Crippen molar-refractivity contribution in [3.63, 3.8) is 0 Å². The monoisotopic (exact) mass is 387 g/mol. The first kappa shape index (κ1) is 19.1. The number of benzene rings is 1. The van der Waals surface area contributed by atoms with Crippen molar-refractivity contribution in [1.82, 2.24) is 19.8 Å². The number of amides is 2. The van der Waals surface area contributed by atoms with Crippen LogP contribution in [0.4, 0.5) is 11.6 Å². The molecule has 1 aromatic heterocycles. The fourth-order valence-electron chi connectivity index (χ4n) is 2.97. The minimum atomic E-state index is -0.158. The van der Waals surface area contributed by atoms with Gasteiger partial charge in [0.2, 0.25) is 11.9 Å². The van der Waals surface area contributed by atoms with Crippen LogP contribution < -0.4 is 5.32 Å². The lowest BCUT2D eigenvalue weighted by molar-refractivity contribution is -0.130. The molecule has 142 valence electrons. The second-order valence-corrected chi connectivity index (χ2v) is 7.04. The lowest BCUT2D eigenvalue weighted by Gasteiger charge is -2.34. The average Bonchev–Trinajstić information content (AvgIpc) is 2.63. The van der Waals surface area contributed by atoms with E-state index in [2.05, 4.69) is 15.3 Å². The Labute approximate surface area is 163 Å². The first-order valence-corrected chi connectivity index (χ1v) is 9.15. The summed E-state index contributed by atoms with van der Waals surface area (Å²) < 4.78 is 0. The Kier molecular flexibility index (Phi) is 5.60. The molecule has 0 unspecified atom stereocenters. The van der Waals surface area contributed by atoms with E-state index in [-0.39, 0.29) is 11.8 Å². The van der Waals surface area contributed by atoms with Crippen molar-refractivity contribution in [3.8, 4) is 0 Å². The van der Waals surface area contributed by atoms with E-state index < -0.39 is 0 Å². The van der Waals surface area contributed by atoms with Gasteiger partial charge in [0, 0.05) is 49.5 Å². The molecule has 2 amide bonds. The molecule has 0 bridgehead atoms. The Balaban J connectivity index is 1.78. The summed E-state index contributed by atoms with van der Waals surface area (Å²) in [7, 11) is 0. The average molecular weight is 388 g/mol. The zero-order valence-corrected chi connectivity index (χ0v) is 16.4. The van der Waals surface area contributed by atoms with Crippen molar-refractivity contribution in [2.24, 2.45) is 0 Å². The highest BCUT2D eigenvalue weighted by Gasteiger charge is 2.24. The molecule has 0 radical (unpaired) electrons. The molecule has 7 nitrogen and oxygen atoms in total. The van der Waals surface area contributed by atoms with Crippen LogP contribution in [0.2, 0.25) is 5.02 Å². The zero-order chi connectivity index (χ0) is 19.6. The fourth-order valence-corrected chi connectivity index (χ4v) is 3.14. The smallest absolute Gasteiger partial charge is 0.272 e. The van der Waals surface area contributed by atoms with E-state index in [0.717, 1.165) is 11.3 Å². The number of rotatable bonds is 3. The molecule has 8 heteroatoms. The van der Waals surface area contributed by atoms with Gasteiger partial charge in [0.15, 0.2) is 0 Å². The number of carbonyl (C=O) groups excluding carboxylic acids is 2. The maximum atomic E-state index is 12.8. The van der Waals surface area contributed by atoms with Gasteiger partial charge in [0.05, 0.1) is 0 Å². The highest BCUT2D eigenvalue weighted by Crippen LogP contribution is 2.23. The molecule has 1 aromatic carbocycles. The molecular weight excluding hydrogens is 366 g/mol. The van der Waals surface area contributed by atoms with Crippen molar-refractivity contribution in [3.05, 3.63) is 46.2 Å². The first-order valence-electron chi connectivity index (χ1n) is 8.77. The van der Waals surface area contributed by atoms with E-state index in [0.29, 0.717) is 48.5 Å². The molecule has 1 saturated heterocycles. The number of anilines is 2. The third-order valence-corrected chi connectivity index (χ3v) is 4.77. The van der Waals surface area contributed by atoms with Crippen LogP contribution in [0.15, 0.2) is 24.3 Å². The molecule has 0 aliphatic carbocycles. The highest BCUT2D eigenvalue weighted by molar-refractivity contribution is 6.30. The van der Waals surface area contributed by atoms with Crippen LogP contribution in [-0.4, -0.2) is 57.8 Å². The van der Waals surface area contributed by atoms with Crippen LogP contribution >= 0.6 is 11.6 Å². The minimum absolute atomic E-state index is 0.0309. The van der Waals surface area contributed by atoms with Crippen LogP contribution in [0.5, 0.6) is 0 Å². The van der Waals surface area contributed by atoms with E-state index in [1.165, 1.54) is 0 Å². The van der Waals surface area contributed by atoms with Gasteiger partial charge in [0.25, 0.3) is 5.91 Å². The molecule has 1 fully saturated rings. The Morgan fingerprint density at radius 1 is 1.04 bits per heavy atom. The number of hydrogen-bond donors (Lipinski definition) is 1. The molecule has 27 heavy (non-hydrogen) atoms. The molecular formula is C19H22ClN5O2. The van der Waals surface area contributed by atoms with E-state index in [9.17, 15) is 9.59 Å². The zero-order valence-electron chi connectivity index (χ0n) is 15.6. The Morgan fingerprint density at radius 2 is 1.70 bits per heavy atom. The number of piperazine rings is 1. The van der Waals surface area contributed by atoms with Crippen molar-refractivity contribution < 1.29 is 9.59 Å². The Hall–Kier alpha value is -2.67. The second kappa shape index (κ2) is 7.92. The number of nitrogens with zero attached hydrogens (tertiary/aromatic N) is 4. The lowest BCUT2D eigenvalue weighted by Crippen LogP contribution is -2.50. The molecule has 0 atom stereocenters. The normalized spacial score (nSPS) is 14.2. The quantitative estimate of drug-likeness (QED) is 0.876. The largest absolute Gasteiger partial charge is 0.339 e. The maximum absolute atomic E-state index is 12.8. The summed E-state index contributed by atoms with van der Waals surface area (Å²) in [6, 6.07) is 7.19. The van der Waals surface area contributed by atoms with E-state index >= 15 is 0 Å². The number of hydrogen-bond acceptors (Lipinski definition) is 5. The summed E-state index contributed by atoms with van der Waals surface area (Å²) in [5.41, 5.74) is 2.82. The number of aromatic nitrogens is 2. The van der Waals surface area contributed by atoms with Gasteiger partial charge in [0.1, 0.15) is 5.69 Å². The SMILES string of the molecule is CC(=O)N1CCN(C(=O)c2cc(C)nc(Nc3cc(Cl)ccc3C)n2)CC1. The van der Waals surface area contributed by atoms with E-state index in [1.807, 2.05) is 26.0 Å². The third kappa shape index (κ3) is 4.54. The molecule has 2 aromatic rings. The minimum Gasteiger partial charge on any atom is -0.339 e. The summed E-state index contributed by atoms with van der Waals surface area (Å²) in [5, 5.41) is 3.75. The third-order valence-electron chi connectivity index (χ3n) is 4.53. The molecule has 3 rings (SSSR count). The lowest BCUT2D eigenvalue weighted by atomic mass is 10.2. The fraction of sp³-hybridized carbons (Fsp3) is 0.368. The topological polar surface area (TPSA) is 78.4 Å². The predicted molar refractivity (Wildman–Crippen MR) is 104 cm³/mol. The van der Waals surface area contributed by atoms with Crippen molar-refractivity contribution >= 4 is 35.1 Å². The van der Waals surface area contributed by atoms with Gasteiger partial charge >= 0.3 is 0 Å². The van der Waals surface area contributed by atoms with Crippen molar-refractivity contribution in [1.29, 1.82) is 0 Å². The molecule has 2 heterocycles. The van der Waals surface area contributed by atoms with Crippen LogP contribution in [0.1, 0.15) is 28.7 Å². The number of carbonyl (C=O) groups is 2. The number of nitrogens with one attached hydrogen (secondary N) is 1. The second-order valence-electron chi connectivity index (χ2n) is 6.60. The molecule has 1 N–H and O–H groups in total. The van der Waals surface area contributed by atoms with Crippen LogP contribution in [0, 0.1) is 13.8 Å². The standard InChI is InChI=1S/C19H22ClN5O2/c1-12-4-5-15(20)11-16(12)22-19-21-13(2)10-17(23-19)18(27)25-8-6-24(7-9-25)14(3)26/h4-5,10-11H,6-9H2,1-3H3,(H,21,22,23). The maximum Gasteiger partial charge on any atom is 0.272 e. The van der Waals surface area contributed by atoms with Gasteiger partial charge in [-0.05, 0) is 37.6 Å². The molecule has 0 saturated carbocycles. The van der Waals surface area contributed by atoms with Gasteiger partial charge in [-0.2, -0.15) is 0 Å². The predicted octanol–water partition coefficient (Wildman–Crippen LogP) is 2.79. The Morgan fingerprint density at radius 3 is 2.37 bits per heavy atom. The number of halogens is 1. The van der Waals surface area contributed by atoms with Gasteiger partial charge in [-0.25, -0.2) is 9.97 Å². The van der Waals surface area contributed by atoms with Crippen LogP contribution in [0.25, 0.3) is 0 Å². The van der Waals surface area contributed by atoms with E-state index in [1.54, 1.807) is 28.9 Å². The van der Waals surface area contributed by atoms with Gasteiger partial charge in [-0.15, -0.1) is 0 Å². The van der Waals surface area contributed by atoms with Gasteiger partial charge in [-0.1, -0.05) is 17.7 Å². The highest BCUT2D eigenvalue weighted by atomic mass is 35.5. The van der Waals surface area contributed by atoms with Gasteiger partial charge in [-0.3, -0.25) is 9.59 Å². The van der Waals surface area contributed by atoms with Crippen LogP contribution in [-0.2, 0) is 4.79 Å².